The van der Waals surface area contributed by atoms with Gasteiger partial charge in [-0.3, -0.25) is 0 Å². The SMILES string of the molecule is c1ccc(-c2ccccc2N(c2ccc(-c3cccc(-c4cccc(-c5ccc6ccccc6c5)c4)c3)cc2)c2ccccc2-c2ccccc2)cc1. The molecule has 9 rings (SSSR count). The Hall–Kier alpha value is -6.96. The lowest BCUT2D eigenvalue weighted by Gasteiger charge is -2.30. The second-order valence-corrected chi connectivity index (χ2v) is 13.4. The summed E-state index contributed by atoms with van der Waals surface area (Å²) in [6.07, 6.45) is 0. The van der Waals surface area contributed by atoms with Crippen LogP contribution in [0.25, 0.3) is 66.4 Å². The van der Waals surface area contributed by atoms with E-state index in [-0.39, 0.29) is 0 Å². The Labute approximate surface area is 311 Å². The van der Waals surface area contributed by atoms with Crippen molar-refractivity contribution in [3.63, 3.8) is 0 Å². The summed E-state index contributed by atoms with van der Waals surface area (Å²) in [5, 5.41) is 2.52. The van der Waals surface area contributed by atoms with Crippen LogP contribution < -0.4 is 4.90 Å². The lowest BCUT2D eigenvalue weighted by Crippen LogP contribution is -2.12. The Morgan fingerprint density at radius 1 is 0.226 bits per heavy atom. The molecule has 9 aromatic carbocycles. The van der Waals surface area contributed by atoms with Crippen LogP contribution >= 0.6 is 0 Å². The van der Waals surface area contributed by atoms with Crippen LogP contribution in [0.1, 0.15) is 0 Å². The molecule has 0 aliphatic heterocycles. The highest BCUT2D eigenvalue weighted by Crippen LogP contribution is 2.45. The Morgan fingerprint density at radius 3 is 1.17 bits per heavy atom. The van der Waals surface area contributed by atoms with Gasteiger partial charge in [0.15, 0.2) is 0 Å². The van der Waals surface area contributed by atoms with Crippen LogP contribution in [0, 0.1) is 0 Å². The van der Waals surface area contributed by atoms with Crippen molar-refractivity contribution in [2.24, 2.45) is 0 Å². The fourth-order valence-corrected chi connectivity index (χ4v) is 7.40. The first kappa shape index (κ1) is 32.0. The molecule has 1 nitrogen and oxygen atoms in total. The molecule has 9 aromatic rings. The summed E-state index contributed by atoms with van der Waals surface area (Å²) in [4.78, 5) is 2.41. The molecule has 53 heavy (non-hydrogen) atoms. The second kappa shape index (κ2) is 14.3. The normalized spacial score (nSPS) is 11.0. The fourth-order valence-electron chi connectivity index (χ4n) is 7.40. The van der Waals surface area contributed by atoms with Gasteiger partial charge in [-0.05, 0) is 97.7 Å². The summed E-state index contributed by atoms with van der Waals surface area (Å²) in [6, 6.07) is 80.8. The molecule has 0 aliphatic carbocycles. The zero-order chi connectivity index (χ0) is 35.4. The Morgan fingerprint density at radius 2 is 0.623 bits per heavy atom. The van der Waals surface area contributed by atoms with Crippen LogP contribution in [0.5, 0.6) is 0 Å². The highest BCUT2D eigenvalue weighted by Gasteiger charge is 2.20. The Balaban J connectivity index is 1.10. The minimum absolute atomic E-state index is 1.10. The van der Waals surface area contributed by atoms with E-state index in [9.17, 15) is 0 Å². The lowest BCUT2D eigenvalue weighted by molar-refractivity contribution is 1.28. The quantitative estimate of drug-likeness (QED) is 0.155. The smallest absolute Gasteiger partial charge is 0.0540 e. The summed E-state index contributed by atoms with van der Waals surface area (Å²) in [5.74, 6) is 0. The van der Waals surface area contributed by atoms with Gasteiger partial charge in [0.05, 0.1) is 11.4 Å². The van der Waals surface area contributed by atoms with Gasteiger partial charge in [0.25, 0.3) is 0 Å². The molecule has 0 bridgehead atoms. The highest BCUT2D eigenvalue weighted by molar-refractivity contribution is 5.94. The third-order valence-electron chi connectivity index (χ3n) is 10.1. The Kier molecular flexibility index (Phi) is 8.66. The number of hydrogen-bond donors (Lipinski definition) is 0. The van der Waals surface area contributed by atoms with E-state index in [1.165, 1.54) is 66.4 Å². The molecule has 0 N–H and O–H groups in total. The van der Waals surface area contributed by atoms with Gasteiger partial charge < -0.3 is 4.90 Å². The molecule has 0 spiro atoms. The number of fused-ring (bicyclic) bond motifs is 1. The third-order valence-corrected chi connectivity index (χ3v) is 10.1. The van der Waals surface area contributed by atoms with E-state index in [2.05, 4.69) is 229 Å². The maximum Gasteiger partial charge on any atom is 0.0540 e. The van der Waals surface area contributed by atoms with E-state index in [4.69, 9.17) is 0 Å². The molecular formula is C52H37N. The van der Waals surface area contributed by atoms with E-state index in [1.807, 2.05) is 0 Å². The number of nitrogens with zero attached hydrogens (tertiary/aromatic N) is 1. The molecule has 250 valence electrons. The standard InChI is InChI=1S/C52H37N/c1-3-16-40(17-4-1)49-25-9-11-27-51(49)53(52-28-12-10-26-50(52)41-18-5-2-6-19-41)48-33-31-39(32-34-48)43-21-13-22-44(35-43)45-23-14-24-46(37-45)47-30-29-38-15-7-8-20-42(38)36-47/h1-37H. The molecule has 0 saturated carbocycles. The predicted octanol–water partition coefficient (Wildman–Crippen LogP) is 14.6. The first-order valence-electron chi connectivity index (χ1n) is 18.2. The number of rotatable bonds is 8. The summed E-state index contributed by atoms with van der Waals surface area (Å²) < 4.78 is 0. The van der Waals surface area contributed by atoms with Crippen molar-refractivity contribution in [2.75, 3.05) is 4.90 Å². The van der Waals surface area contributed by atoms with Gasteiger partial charge in [0.2, 0.25) is 0 Å². The highest BCUT2D eigenvalue weighted by atomic mass is 15.1. The zero-order valence-corrected chi connectivity index (χ0v) is 29.3. The van der Waals surface area contributed by atoms with E-state index in [0.29, 0.717) is 0 Å². The van der Waals surface area contributed by atoms with Gasteiger partial charge in [-0.2, -0.15) is 0 Å². The molecule has 0 heterocycles. The number of anilines is 3. The third kappa shape index (κ3) is 6.53. The summed E-state index contributed by atoms with van der Waals surface area (Å²) >= 11 is 0. The van der Waals surface area contributed by atoms with Gasteiger partial charge in [0, 0.05) is 16.8 Å². The van der Waals surface area contributed by atoms with Crippen LogP contribution in [0.3, 0.4) is 0 Å². The molecule has 0 fully saturated rings. The first-order chi connectivity index (χ1) is 26.3. The van der Waals surface area contributed by atoms with E-state index < -0.39 is 0 Å². The summed E-state index contributed by atoms with van der Waals surface area (Å²) in [5.41, 5.74) is 15.3. The molecule has 0 aliphatic rings. The lowest BCUT2D eigenvalue weighted by atomic mass is 9.95. The number of benzene rings is 9. The minimum Gasteiger partial charge on any atom is -0.309 e. The van der Waals surface area contributed by atoms with Crippen molar-refractivity contribution in [1.29, 1.82) is 0 Å². The maximum atomic E-state index is 2.41. The minimum atomic E-state index is 1.10. The number of hydrogen-bond acceptors (Lipinski definition) is 1. The molecular weight excluding hydrogens is 639 g/mol. The van der Waals surface area contributed by atoms with Gasteiger partial charge in [-0.1, -0.05) is 182 Å². The molecule has 0 aromatic heterocycles. The first-order valence-corrected chi connectivity index (χ1v) is 18.2. The van der Waals surface area contributed by atoms with Crippen LogP contribution in [0.2, 0.25) is 0 Å². The molecule has 0 amide bonds. The van der Waals surface area contributed by atoms with Gasteiger partial charge in [-0.25, -0.2) is 0 Å². The van der Waals surface area contributed by atoms with E-state index in [1.54, 1.807) is 0 Å². The summed E-state index contributed by atoms with van der Waals surface area (Å²) in [7, 11) is 0. The van der Waals surface area contributed by atoms with Crippen LogP contribution in [-0.2, 0) is 0 Å². The average Bonchev–Trinajstić information content (AvgIpc) is 3.25. The van der Waals surface area contributed by atoms with Gasteiger partial charge >= 0.3 is 0 Å². The Bertz CT molecular complexity index is 2570. The fraction of sp³-hybridized carbons (Fsp3) is 0. The second-order valence-electron chi connectivity index (χ2n) is 13.4. The topological polar surface area (TPSA) is 3.24 Å². The summed E-state index contributed by atoms with van der Waals surface area (Å²) in [6.45, 7) is 0. The van der Waals surface area contributed by atoms with Gasteiger partial charge in [0.1, 0.15) is 0 Å². The van der Waals surface area contributed by atoms with Crippen molar-refractivity contribution >= 4 is 27.8 Å². The van der Waals surface area contributed by atoms with Crippen molar-refractivity contribution in [3.05, 3.63) is 224 Å². The molecule has 0 unspecified atom stereocenters. The number of para-hydroxylation sites is 2. The molecule has 0 radical (unpaired) electrons. The predicted molar refractivity (Wildman–Crippen MR) is 226 cm³/mol. The zero-order valence-electron chi connectivity index (χ0n) is 29.3. The van der Waals surface area contributed by atoms with Crippen LogP contribution in [-0.4, -0.2) is 0 Å². The van der Waals surface area contributed by atoms with E-state index in [0.717, 1.165) is 17.1 Å². The van der Waals surface area contributed by atoms with Crippen molar-refractivity contribution in [1.82, 2.24) is 0 Å². The maximum absolute atomic E-state index is 2.41. The average molecular weight is 676 g/mol. The van der Waals surface area contributed by atoms with Crippen molar-refractivity contribution < 1.29 is 0 Å². The van der Waals surface area contributed by atoms with E-state index >= 15 is 0 Å². The molecule has 1 heteroatoms. The molecule has 0 saturated heterocycles. The monoisotopic (exact) mass is 675 g/mol. The van der Waals surface area contributed by atoms with Crippen LogP contribution in [0.15, 0.2) is 224 Å². The van der Waals surface area contributed by atoms with Gasteiger partial charge in [-0.15, -0.1) is 0 Å². The van der Waals surface area contributed by atoms with Crippen molar-refractivity contribution in [3.8, 4) is 55.6 Å². The molecule has 0 atom stereocenters. The van der Waals surface area contributed by atoms with Crippen molar-refractivity contribution in [2.45, 2.75) is 0 Å². The largest absolute Gasteiger partial charge is 0.309 e. The van der Waals surface area contributed by atoms with Crippen LogP contribution in [0.4, 0.5) is 17.1 Å².